The third-order valence-electron chi connectivity index (χ3n) is 5.86. The van der Waals surface area contributed by atoms with Gasteiger partial charge in [-0.2, -0.15) is 0 Å². The highest BCUT2D eigenvalue weighted by atomic mass is 16.5. The van der Waals surface area contributed by atoms with Gasteiger partial charge in [0, 0.05) is 50.9 Å². The van der Waals surface area contributed by atoms with Gasteiger partial charge in [-0.25, -0.2) is 0 Å². The van der Waals surface area contributed by atoms with Gasteiger partial charge in [0.2, 0.25) is 0 Å². The minimum Gasteiger partial charge on any atom is -0.497 e. The van der Waals surface area contributed by atoms with Gasteiger partial charge in [-0.1, -0.05) is 6.42 Å². The molecule has 6 heteroatoms. The molecule has 1 aromatic carbocycles. The van der Waals surface area contributed by atoms with Crippen LogP contribution < -0.4 is 10.1 Å². The third kappa shape index (κ3) is 3.38. The molecule has 0 bridgehead atoms. The summed E-state index contributed by atoms with van der Waals surface area (Å²) in [4.78, 5) is 20.0. The quantitative estimate of drug-likeness (QED) is 0.889. The Morgan fingerprint density at radius 1 is 1.04 bits per heavy atom. The number of benzene rings is 1. The maximum atomic E-state index is 12.9. The average molecular weight is 344 g/mol. The summed E-state index contributed by atoms with van der Waals surface area (Å²) in [6.07, 6.45) is 4.14. The van der Waals surface area contributed by atoms with Crippen LogP contribution in [0.5, 0.6) is 5.75 Å². The minimum absolute atomic E-state index is 0.0261. The number of nitrogens with one attached hydrogen (secondary N) is 1. The van der Waals surface area contributed by atoms with Gasteiger partial charge in [0.1, 0.15) is 12.0 Å². The summed E-state index contributed by atoms with van der Waals surface area (Å²) in [6.45, 7) is 5.91. The Kier molecular flexibility index (Phi) is 4.92. The zero-order valence-electron chi connectivity index (χ0n) is 15.0. The Labute approximate surface area is 149 Å². The molecule has 2 heterocycles. The molecule has 1 saturated carbocycles. The second-order valence-corrected chi connectivity index (χ2v) is 7.21. The summed E-state index contributed by atoms with van der Waals surface area (Å²) in [5.74, 6) is 0.874. The molecule has 1 atom stereocenters. The summed E-state index contributed by atoms with van der Waals surface area (Å²) >= 11 is 0. The maximum absolute atomic E-state index is 12.9. The van der Waals surface area contributed by atoms with Crippen molar-refractivity contribution in [2.24, 2.45) is 0 Å². The fourth-order valence-electron chi connectivity index (χ4n) is 4.08. The molecule has 0 spiro atoms. The van der Waals surface area contributed by atoms with Gasteiger partial charge in [-0.3, -0.25) is 19.9 Å². The van der Waals surface area contributed by atoms with Gasteiger partial charge in [0.15, 0.2) is 0 Å². The number of carbonyl (C=O) groups is 1. The SMILES string of the molecule is COc1ccc(C(=O)N2CCNC2N2CCN(C3CCC3)CC2)cc1. The Balaban J connectivity index is 1.39. The number of amides is 1. The highest BCUT2D eigenvalue weighted by molar-refractivity contribution is 5.94. The molecular weight excluding hydrogens is 316 g/mol. The van der Waals surface area contributed by atoms with Gasteiger partial charge in [-0.15, -0.1) is 0 Å². The van der Waals surface area contributed by atoms with Crippen LogP contribution in [0.3, 0.4) is 0 Å². The van der Waals surface area contributed by atoms with Crippen LogP contribution in [0.25, 0.3) is 0 Å². The van der Waals surface area contributed by atoms with E-state index in [0.717, 1.165) is 56.6 Å². The van der Waals surface area contributed by atoms with Crippen LogP contribution in [-0.2, 0) is 0 Å². The Morgan fingerprint density at radius 3 is 2.32 bits per heavy atom. The van der Waals surface area contributed by atoms with E-state index in [1.165, 1.54) is 19.3 Å². The Bertz CT molecular complexity index is 594. The molecule has 1 aliphatic carbocycles. The highest BCUT2D eigenvalue weighted by Crippen LogP contribution is 2.26. The van der Waals surface area contributed by atoms with Crippen molar-refractivity contribution in [3.8, 4) is 5.75 Å². The fourth-order valence-corrected chi connectivity index (χ4v) is 4.08. The smallest absolute Gasteiger partial charge is 0.256 e. The van der Waals surface area contributed by atoms with E-state index in [2.05, 4.69) is 15.1 Å². The molecule has 6 nitrogen and oxygen atoms in total. The molecule has 3 aliphatic rings. The first-order valence-corrected chi connectivity index (χ1v) is 9.43. The molecule has 0 aromatic heterocycles. The molecule has 25 heavy (non-hydrogen) atoms. The lowest BCUT2D eigenvalue weighted by molar-refractivity contribution is -0.000740. The van der Waals surface area contributed by atoms with E-state index in [4.69, 9.17) is 4.74 Å². The number of piperazine rings is 1. The summed E-state index contributed by atoms with van der Waals surface area (Å²) in [5, 5.41) is 3.51. The van der Waals surface area contributed by atoms with E-state index >= 15 is 0 Å². The number of hydrogen-bond donors (Lipinski definition) is 1. The standard InChI is InChI=1S/C19H28N4O2/c1-25-17-7-5-15(6-8-17)18(24)23-10-9-20-19(23)22-13-11-21(12-14-22)16-3-2-4-16/h5-8,16,19-20H,2-4,9-14H2,1H3. The van der Waals surface area contributed by atoms with Gasteiger partial charge < -0.3 is 9.64 Å². The zero-order chi connectivity index (χ0) is 17.2. The fraction of sp³-hybridized carbons (Fsp3) is 0.632. The first-order valence-electron chi connectivity index (χ1n) is 9.43. The van der Waals surface area contributed by atoms with Crippen molar-refractivity contribution in [1.29, 1.82) is 0 Å². The molecule has 1 N–H and O–H groups in total. The molecule has 1 unspecified atom stereocenters. The lowest BCUT2D eigenvalue weighted by Gasteiger charge is -2.45. The predicted octanol–water partition coefficient (Wildman–Crippen LogP) is 1.19. The van der Waals surface area contributed by atoms with E-state index in [1.54, 1.807) is 7.11 Å². The van der Waals surface area contributed by atoms with Crippen molar-refractivity contribution in [3.63, 3.8) is 0 Å². The predicted molar refractivity (Wildman–Crippen MR) is 96.6 cm³/mol. The van der Waals surface area contributed by atoms with E-state index < -0.39 is 0 Å². The van der Waals surface area contributed by atoms with E-state index in [1.807, 2.05) is 29.2 Å². The minimum atomic E-state index is 0.0261. The zero-order valence-corrected chi connectivity index (χ0v) is 15.0. The maximum Gasteiger partial charge on any atom is 0.256 e. The Hall–Kier alpha value is -1.63. The molecule has 1 aromatic rings. The van der Waals surface area contributed by atoms with Crippen molar-refractivity contribution in [1.82, 2.24) is 20.0 Å². The van der Waals surface area contributed by atoms with Crippen LogP contribution in [0.15, 0.2) is 24.3 Å². The van der Waals surface area contributed by atoms with Gasteiger partial charge >= 0.3 is 0 Å². The molecule has 4 rings (SSSR count). The molecule has 136 valence electrons. The number of ether oxygens (including phenoxy) is 1. The normalized spacial score (nSPS) is 25.8. The molecule has 1 amide bonds. The molecule has 2 aliphatic heterocycles. The van der Waals surface area contributed by atoms with Crippen molar-refractivity contribution < 1.29 is 9.53 Å². The monoisotopic (exact) mass is 344 g/mol. The Morgan fingerprint density at radius 2 is 1.72 bits per heavy atom. The van der Waals surface area contributed by atoms with Crippen LogP contribution >= 0.6 is 0 Å². The van der Waals surface area contributed by atoms with Crippen LogP contribution in [0.4, 0.5) is 0 Å². The van der Waals surface area contributed by atoms with E-state index in [-0.39, 0.29) is 12.2 Å². The number of rotatable bonds is 4. The van der Waals surface area contributed by atoms with Crippen LogP contribution in [0.2, 0.25) is 0 Å². The number of hydrogen-bond acceptors (Lipinski definition) is 5. The van der Waals surface area contributed by atoms with E-state index in [9.17, 15) is 4.79 Å². The lowest BCUT2D eigenvalue weighted by Crippen LogP contribution is -2.60. The second kappa shape index (κ2) is 7.32. The van der Waals surface area contributed by atoms with Crippen LogP contribution in [-0.4, -0.2) is 79.3 Å². The van der Waals surface area contributed by atoms with Crippen molar-refractivity contribution in [2.75, 3.05) is 46.4 Å². The van der Waals surface area contributed by atoms with Gasteiger partial charge in [0.25, 0.3) is 5.91 Å². The topological polar surface area (TPSA) is 48.1 Å². The number of nitrogens with zero attached hydrogens (tertiary/aromatic N) is 3. The second-order valence-electron chi connectivity index (χ2n) is 7.21. The van der Waals surface area contributed by atoms with Crippen molar-refractivity contribution in [2.45, 2.75) is 31.6 Å². The molecule has 2 saturated heterocycles. The largest absolute Gasteiger partial charge is 0.497 e. The van der Waals surface area contributed by atoms with Crippen molar-refractivity contribution in [3.05, 3.63) is 29.8 Å². The first kappa shape index (κ1) is 16.8. The average Bonchev–Trinajstić information content (AvgIpc) is 3.10. The third-order valence-corrected chi connectivity index (χ3v) is 5.86. The summed E-state index contributed by atoms with van der Waals surface area (Å²) in [5.41, 5.74) is 0.725. The number of methoxy groups -OCH3 is 1. The van der Waals surface area contributed by atoms with Crippen LogP contribution in [0.1, 0.15) is 29.6 Å². The van der Waals surface area contributed by atoms with Gasteiger partial charge in [0.05, 0.1) is 7.11 Å². The molecular formula is C19H28N4O2. The van der Waals surface area contributed by atoms with Crippen LogP contribution in [0, 0.1) is 0 Å². The molecule has 3 fully saturated rings. The number of carbonyl (C=O) groups excluding carboxylic acids is 1. The van der Waals surface area contributed by atoms with E-state index in [0.29, 0.717) is 0 Å². The lowest BCUT2D eigenvalue weighted by atomic mass is 9.91. The highest BCUT2D eigenvalue weighted by Gasteiger charge is 2.36. The molecule has 0 radical (unpaired) electrons. The van der Waals surface area contributed by atoms with Gasteiger partial charge in [-0.05, 0) is 37.1 Å². The summed E-state index contributed by atoms with van der Waals surface area (Å²) in [7, 11) is 1.64. The summed E-state index contributed by atoms with van der Waals surface area (Å²) < 4.78 is 5.18. The first-order chi connectivity index (χ1) is 12.3. The summed E-state index contributed by atoms with van der Waals surface area (Å²) in [6, 6.07) is 8.22. The van der Waals surface area contributed by atoms with Crippen molar-refractivity contribution >= 4 is 5.91 Å².